The smallest absolute Gasteiger partial charge is 0.00387 e. The number of hydrogen-bond acceptors (Lipinski definition) is 1. The average molecular weight is 169 g/mol. The Kier molecular flexibility index (Phi) is 7.17. The molecule has 0 saturated heterocycles. The highest BCUT2D eigenvalue weighted by Gasteiger charge is 1.99. The summed E-state index contributed by atoms with van der Waals surface area (Å²) >= 11 is 0. The van der Waals surface area contributed by atoms with E-state index in [4.69, 9.17) is 5.73 Å². The highest BCUT2D eigenvalue weighted by atomic mass is 14.6. The van der Waals surface area contributed by atoms with Gasteiger partial charge in [0.15, 0.2) is 0 Å². The summed E-state index contributed by atoms with van der Waals surface area (Å²) in [7, 11) is 0. The summed E-state index contributed by atoms with van der Waals surface area (Å²) in [5.41, 5.74) is 7.17. The van der Waals surface area contributed by atoms with Gasteiger partial charge in [0.2, 0.25) is 0 Å². The Hall–Kier alpha value is -0.300. The van der Waals surface area contributed by atoms with E-state index in [2.05, 4.69) is 20.4 Å². The van der Waals surface area contributed by atoms with Gasteiger partial charge in [0.25, 0.3) is 0 Å². The summed E-state index contributed by atoms with van der Waals surface area (Å²) in [5, 5.41) is 0. The van der Waals surface area contributed by atoms with Crippen molar-refractivity contribution in [1.82, 2.24) is 0 Å². The molecule has 2 N–H and O–H groups in total. The van der Waals surface area contributed by atoms with Crippen LogP contribution in [0.2, 0.25) is 0 Å². The normalized spacial score (nSPS) is 12.9. The lowest BCUT2D eigenvalue weighted by atomic mass is 10.0. The van der Waals surface area contributed by atoms with Crippen LogP contribution >= 0.6 is 0 Å². The Morgan fingerprint density at radius 1 is 1.33 bits per heavy atom. The maximum Gasteiger partial charge on any atom is 0.00387 e. The summed E-state index contributed by atoms with van der Waals surface area (Å²) in [6.07, 6.45) is 7.25. The predicted octanol–water partition coefficient (Wildman–Crippen LogP) is 3.25. The minimum atomic E-state index is 0.431. The number of allylic oxidation sites excluding steroid dienone is 1. The van der Waals surface area contributed by atoms with Gasteiger partial charge in [0, 0.05) is 6.04 Å². The zero-order valence-electron chi connectivity index (χ0n) is 8.60. The maximum atomic E-state index is 5.88. The van der Waals surface area contributed by atoms with Crippen LogP contribution in [0.5, 0.6) is 0 Å². The van der Waals surface area contributed by atoms with Crippen molar-refractivity contribution in [3.63, 3.8) is 0 Å². The molecule has 0 aromatic rings. The molecule has 1 heteroatoms. The molecular weight excluding hydrogens is 146 g/mol. The van der Waals surface area contributed by atoms with Crippen molar-refractivity contribution >= 4 is 0 Å². The minimum absolute atomic E-state index is 0.431. The summed E-state index contributed by atoms with van der Waals surface area (Å²) in [5.74, 6) is 0. The zero-order chi connectivity index (χ0) is 9.40. The average Bonchev–Trinajstić information content (AvgIpc) is 1.98. The molecule has 0 bridgehead atoms. The van der Waals surface area contributed by atoms with E-state index in [1.54, 1.807) is 0 Å². The van der Waals surface area contributed by atoms with Gasteiger partial charge in [-0.3, -0.25) is 0 Å². The molecule has 0 aliphatic heterocycles. The topological polar surface area (TPSA) is 26.0 Å². The van der Waals surface area contributed by atoms with Gasteiger partial charge >= 0.3 is 0 Å². The first-order valence-electron chi connectivity index (χ1n) is 5.06. The molecular formula is C11H23N. The van der Waals surface area contributed by atoms with Crippen LogP contribution in [0.25, 0.3) is 0 Å². The van der Waals surface area contributed by atoms with Crippen LogP contribution in [-0.2, 0) is 0 Å². The molecule has 0 aliphatic rings. The van der Waals surface area contributed by atoms with Crippen LogP contribution in [0.1, 0.15) is 52.4 Å². The van der Waals surface area contributed by atoms with Gasteiger partial charge in [-0.15, -0.1) is 6.58 Å². The third kappa shape index (κ3) is 7.80. The Morgan fingerprint density at radius 3 is 2.50 bits per heavy atom. The third-order valence-corrected chi connectivity index (χ3v) is 2.09. The fourth-order valence-electron chi connectivity index (χ4n) is 1.35. The molecule has 0 aromatic carbocycles. The highest BCUT2D eigenvalue weighted by Crippen LogP contribution is 2.09. The fraction of sp³-hybridized carbons (Fsp3) is 0.818. The van der Waals surface area contributed by atoms with Crippen LogP contribution in [-0.4, -0.2) is 6.04 Å². The summed E-state index contributed by atoms with van der Waals surface area (Å²) in [6.45, 7) is 8.15. The summed E-state index contributed by atoms with van der Waals surface area (Å²) in [6, 6.07) is 0.431. The number of rotatable bonds is 7. The molecule has 0 aromatic heterocycles. The van der Waals surface area contributed by atoms with E-state index in [0.717, 1.165) is 0 Å². The van der Waals surface area contributed by atoms with E-state index < -0.39 is 0 Å². The first-order chi connectivity index (χ1) is 5.66. The Morgan fingerprint density at radius 2 is 2.00 bits per heavy atom. The van der Waals surface area contributed by atoms with Gasteiger partial charge in [-0.25, -0.2) is 0 Å². The predicted molar refractivity (Wildman–Crippen MR) is 56.2 cm³/mol. The van der Waals surface area contributed by atoms with Crippen LogP contribution < -0.4 is 5.73 Å². The second-order valence-electron chi connectivity index (χ2n) is 3.75. The van der Waals surface area contributed by atoms with Crippen LogP contribution in [0.4, 0.5) is 0 Å². The van der Waals surface area contributed by atoms with Crippen LogP contribution in [0.3, 0.4) is 0 Å². The first kappa shape index (κ1) is 11.7. The van der Waals surface area contributed by atoms with Crippen molar-refractivity contribution in [3.05, 3.63) is 12.2 Å². The van der Waals surface area contributed by atoms with Crippen molar-refractivity contribution in [2.75, 3.05) is 0 Å². The van der Waals surface area contributed by atoms with E-state index in [-0.39, 0.29) is 0 Å². The lowest BCUT2D eigenvalue weighted by Crippen LogP contribution is -2.18. The number of unbranched alkanes of at least 4 members (excludes halogenated alkanes) is 1. The van der Waals surface area contributed by atoms with E-state index in [9.17, 15) is 0 Å². The van der Waals surface area contributed by atoms with Crippen molar-refractivity contribution in [2.24, 2.45) is 5.73 Å². The SMILES string of the molecule is C=C(C)CCCCC(N)CCC. The van der Waals surface area contributed by atoms with Crippen molar-refractivity contribution < 1.29 is 0 Å². The van der Waals surface area contributed by atoms with E-state index in [0.29, 0.717) is 6.04 Å². The quantitative estimate of drug-likeness (QED) is 0.459. The van der Waals surface area contributed by atoms with E-state index in [1.165, 1.54) is 44.1 Å². The van der Waals surface area contributed by atoms with E-state index >= 15 is 0 Å². The lowest BCUT2D eigenvalue weighted by Gasteiger charge is -2.09. The van der Waals surface area contributed by atoms with Crippen molar-refractivity contribution in [1.29, 1.82) is 0 Å². The Labute approximate surface area is 77.0 Å². The van der Waals surface area contributed by atoms with Crippen LogP contribution in [0.15, 0.2) is 12.2 Å². The van der Waals surface area contributed by atoms with Gasteiger partial charge in [0.1, 0.15) is 0 Å². The van der Waals surface area contributed by atoms with Gasteiger partial charge in [-0.05, 0) is 32.6 Å². The maximum absolute atomic E-state index is 5.88. The Balaban J connectivity index is 3.13. The van der Waals surface area contributed by atoms with Gasteiger partial charge in [-0.1, -0.05) is 25.3 Å². The Bertz CT molecular complexity index is 118. The molecule has 1 atom stereocenters. The van der Waals surface area contributed by atoms with Gasteiger partial charge in [0.05, 0.1) is 0 Å². The molecule has 1 nitrogen and oxygen atoms in total. The molecule has 0 saturated carbocycles. The molecule has 0 aliphatic carbocycles. The second kappa shape index (κ2) is 7.35. The molecule has 0 radical (unpaired) electrons. The molecule has 0 fully saturated rings. The molecule has 0 rings (SSSR count). The third-order valence-electron chi connectivity index (χ3n) is 2.09. The monoisotopic (exact) mass is 169 g/mol. The standard InChI is InChI=1S/C11H23N/c1-4-7-11(12)9-6-5-8-10(2)3/h11H,2,4-9,12H2,1,3H3. The molecule has 1 unspecified atom stereocenters. The van der Waals surface area contributed by atoms with Crippen molar-refractivity contribution in [3.8, 4) is 0 Å². The molecule has 12 heavy (non-hydrogen) atoms. The number of hydrogen-bond donors (Lipinski definition) is 1. The van der Waals surface area contributed by atoms with E-state index in [1.807, 2.05) is 0 Å². The van der Waals surface area contributed by atoms with Crippen LogP contribution in [0, 0.1) is 0 Å². The minimum Gasteiger partial charge on any atom is -0.328 e. The highest BCUT2D eigenvalue weighted by molar-refractivity contribution is 4.87. The lowest BCUT2D eigenvalue weighted by molar-refractivity contribution is 0.526. The first-order valence-corrected chi connectivity index (χ1v) is 5.06. The summed E-state index contributed by atoms with van der Waals surface area (Å²) < 4.78 is 0. The largest absolute Gasteiger partial charge is 0.328 e. The molecule has 0 spiro atoms. The number of nitrogens with two attached hydrogens (primary N) is 1. The molecule has 0 amide bonds. The zero-order valence-corrected chi connectivity index (χ0v) is 8.60. The fourth-order valence-corrected chi connectivity index (χ4v) is 1.35. The summed E-state index contributed by atoms with van der Waals surface area (Å²) in [4.78, 5) is 0. The second-order valence-corrected chi connectivity index (χ2v) is 3.75. The molecule has 72 valence electrons. The molecule has 0 heterocycles. The van der Waals surface area contributed by atoms with Gasteiger partial charge in [-0.2, -0.15) is 0 Å². The van der Waals surface area contributed by atoms with Gasteiger partial charge < -0.3 is 5.73 Å². The van der Waals surface area contributed by atoms with Crippen molar-refractivity contribution in [2.45, 2.75) is 58.4 Å².